The molecule has 0 spiro atoms. The second-order valence-electron chi connectivity index (χ2n) is 9.85. The number of aryl methyl sites for hydroxylation is 3. The number of nitrogens with zero attached hydrogens (tertiary/aromatic N) is 4. The van der Waals surface area contributed by atoms with E-state index >= 15 is 0 Å². The lowest BCUT2D eigenvalue weighted by Gasteiger charge is -2.39. The van der Waals surface area contributed by atoms with Crippen molar-refractivity contribution in [3.05, 3.63) is 76.5 Å². The fourth-order valence-electron chi connectivity index (χ4n) is 5.00. The molecule has 176 valence electrons. The quantitative estimate of drug-likeness (QED) is 0.538. The number of carbonyl (C=O) groups is 1. The molecular formula is C29H34N4O. The van der Waals surface area contributed by atoms with Crippen LogP contribution in [0.2, 0.25) is 0 Å². The first-order chi connectivity index (χ1) is 16.5. The van der Waals surface area contributed by atoms with E-state index in [9.17, 15) is 4.79 Å². The summed E-state index contributed by atoms with van der Waals surface area (Å²) in [5, 5.41) is 0. The van der Waals surface area contributed by atoms with Crippen LogP contribution in [0, 0.1) is 26.7 Å². The molecule has 5 heteroatoms. The standard InChI is InChI=1S/C29H34N4O/c1-20-12-13-21(2)25(18-20)19-26-22(3)30-27(23-8-5-4-6-9-23)31-28(26)32-14-16-33(17-15-32)29(34)24-10-7-11-24/h4-6,8-9,12-13,18,24H,7,10-11,14-17,19H2,1-3H3. The van der Waals surface area contributed by atoms with E-state index in [1.165, 1.54) is 28.7 Å². The predicted molar refractivity (Wildman–Crippen MR) is 137 cm³/mol. The van der Waals surface area contributed by atoms with Crippen LogP contribution in [-0.4, -0.2) is 47.0 Å². The Morgan fingerprint density at radius 3 is 2.35 bits per heavy atom. The predicted octanol–water partition coefficient (Wildman–Crippen LogP) is 5.11. The lowest BCUT2D eigenvalue weighted by molar-refractivity contribution is -0.138. The van der Waals surface area contributed by atoms with E-state index in [0.717, 1.165) is 68.3 Å². The molecule has 1 aliphatic heterocycles. The van der Waals surface area contributed by atoms with Gasteiger partial charge in [-0.15, -0.1) is 0 Å². The summed E-state index contributed by atoms with van der Waals surface area (Å²) in [6.45, 7) is 9.57. The number of hydrogen-bond donors (Lipinski definition) is 0. The van der Waals surface area contributed by atoms with Gasteiger partial charge >= 0.3 is 0 Å². The van der Waals surface area contributed by atoms with Gasteiger partial charge in [0.25, 0.3) is 0 Å². The third-order valence-electron chi connectivity index (χ3n) is 7.44. The topological polar surface area (TPSA) is 49.3 Å². The van der Waals surface area contributed by atoms with Gasteiger partial charge in [0.1, 0.15) is 5.82 Å². The maximum Gasteiger partial charge on any atom is 0.225 e. The second kappa shape index (κ2) is 9.57. The van der Waals surface area contributed by atoms with Crippen molar-refractivity contribution in [2.45, 2.75) is 46.5 Å². The van der Waals surface area contributed by atoms with Gasteiger partial charge in [-0.1, -0.05) is 60.5 Å². The highest BCUT2D eigenvalue weighted by Crippen LogP contribution is 2.31. The maximum atomic E-state index is 12.8. The van der Waals surface area contributed by atoms with Crippen LogP contribution in [0.5, 0.6) is 0 Å². The molecule has 2 aliphatic rings. The Labute approximate surface area is 202 Å². The monoisotopic (exact) mass is 454 g/mol. The molecule has 34 heavy (non-hydrogen) atoms. The Morgan fingerprint density at radius 1 is 0.941 bits per heavy atom. The molecule has 2 aromatic carbocycles. The molecule has 2 heterocycles. The molecule has 0 N–H and O–H groups in total. The van der Waals surface area contributed by atoms with E-state index in [4.69, 9.17) is 9.97 Å². The molecule has 1 aliphatic carbocycles. The van der Waals surface area contributed by atoms with Gasteiger partial charge in [0, 0.05) is 55.3 Å². The summed E-state index contributed by atoms with van der Waals surface area (Å²) < 4.78 is 0. The molecule has 2 fully saturated rings. The largest absolute Gasteiger partial charge is 0.353 e. The van der Waals surface area contributed by atoms with E-state index < -0.39 is 0 Å². The van der Waals surface area contributed by atoms with Crippen LogP contribution >= 0.6 is 0 Å². The third-order valence-corrected chi connectivity index (χ3v) is 7.44. The van der Waals surface area contributed by atoms with Crippen molar-refractivity contribution in [3.8, 4) is 11.4 Å². The van der Waals surface area contributed by atoms with Crippen LogP contribution < -0.4 is 4.90 Å². The normalized spacial score (nSPS) is 16.4. The fraction of sp³-hybridized carbons (Fsp3) is 0.414. The zero-order valence-corrected chi connectivity index (χ0v) is 20.6. The molecule has 5 nitrogen and oxygen atoms in total. The van der Waals surface area contributed by atoms with E-state index in [-0.39, 0.29) is 5.92 Å². The van der Waals surface area contributed by atoms with Crippen molar-refractivity contribution >= 4 is 11.7 Å². The molecule has 1 saturated heterocycles. The summed E-state index contributed by atoms with van der Waals surface area (Å²) in [4.78, 5) is 27.3. The molecular weight excluding hydrogens is 420 g/mol. The van der Waals surface area contributed by atoms with Gasteiger partial charge in [-0.3, -0.25) is 4.79 Å². The van der Waals surface area contributed by atoms with Crippen molar-refractivity contribution in [3.63, 3.8) is 0 Å². The highest BCUT2D eigenvalue weighted by atomic mass is 16.2. The van der Waals surface area contributed by atoms with E-state index in [1.807, 2.05) is 18.2 Å². The maximum absolute atomic E-state index is 12.8. The Hall–Kier alpha value is -3.21. The second-order valence-corrected chi connectivity index (χ2v) is 9.85. The minimum absolute atomic E-state index is 0.261. The molecule has 5 rings (SSSR count). The SMILES string of the molecule is Cc1ccc(C)c(Cc2c(C)nc(-c3ccccc3)nc2N2CCN(C(=O)C3CCC3)CC2)c1. The van der Waals surface area contributed by atoms with Crippen LogP contribution in [-0.2, 0) is 11.2 Å². The van der Waals surface area contributed by atoms with E-state index in [0.29, 0.717) is 5.91 Å². The molecule has 1 saturated carbocycles. The Morgan fingerprint density at radius 2 is 1.68 bits per heavy atom. The first-order valence-electron chi connectivity index (χ1n) is 12.5. The number of carbonyl (C=O) groups excluding carboxylic acids is 1. The number of aromatic nitrogens is 2. The minimum Gasteiger partial charge on any atom is -0.353 e. The Kier molecular flexibility index (Phi) is 6.36. The van der Waals surface area contributed by atoms with Crippen molar-refractivity contribution in [1.29, 1.82) is 0 Å². The zero-order chi connectivity index (χ0) is 23.7. The van der Waals surface area contributed by atoms with Gasteiger partial charge in [-0.05, 0) is 44.7 Å². The number of piperazine rings is 1. The highest BCUT2D eigenvalue weighted by molar-refractivity contribution is 5.80. The number of rotatable bonds is 5. The summed E-state index contributed by atoms with van der Waals surface area (Å²) in [6, 6.07) is 16.9. The summed E-state index contributed by atoms with van der Waals surface area (Å²) in [5.41, 5.74) is 7.12. The summed E-state index contributed by atoms with van der Waals surface area (Å²) in [7, 11) is 0. The van der Waals surface area contributed by atoms with Crippen molar-refractivity contribution in [2.24, 2.45) is 5.92 Å². The first-order valence-corrected chi connectivity index (χ1v) is 12.5. The summed E-state index contributed by atoms with van der Waals surface area (Å²) in [5.74, 6) is 2.40. The van der Waals surface area contributed by atoms with Crippen LogP contribution in [0.3, 0.4) is 0 Å². The van der Waals surface area contributed by atoms with Gasteiger partial charge in [-0.25, -0.2) is 9.97 Å². The van der Waals surface area contributed by atoms with Gasteiger partial charge < -0.3 is 9.80 Å². The van der Waals surface area contributed by atoms with Gasteiger partial charge in [0.05, 0.1) is 0 Å². The van der Waals surface area contributed by atoms with E-state index in [1.54, 1.807) is 0 Å². The lowest BCUT2D eigenvalue weighted by atomic mass is 9.84. The van der Waals surface area contributed by atoms with Gasteiger partial charge in [0.2, 0.25) is 5.91 Å². The van der Waals surface area contributed by atoms with Gasteiger partial charge in [-0.2, -0.15) is 0 Å². The zero-order valence-electron chi connectivity index (χ0n) is 20.6. The molecule has 0 atom stereocenters. The Bertz CT molecular complexity index is 1180. The fourth-order valence-corrected chi connectivity index (χ4v) is 5.00. The molecule has 3 aromatic rings. The van der Waals surface area contributed by atoms with Crippen LogP contribution in [0.15, 0.2) is 48.5 Å². The molecule has 1 amide bonds. The first kappa shape index (κ1) is 22.6. The average molecular weight is 455 g/mol. The summed E-state index contributed by atoms with van der Waals surface area (Å²) >= 11 is 0. The smallest absolute Gasteiger partial charge is 0.225 e. The number of benzene rings is 2. The van der Waals surface area contributed by atoms with Crippen LogP contribution in [0.4, 0.5) is 5.82 Å². The van der Waals surface area contributed by atoms with Crippen molar-refractivity contribution in [1.82, 2.24) is 14.9 Å². The Balaban J connectivity index is 1.47. The van der Waals surface area contributed by atoms with Crippen molar-refractivity contribution in [2.75, 3.05) is 31.1 Å². The minimum atomic E-state index is 0.261. The van der Waals surface area contributed by atoms with Gasteiger partial charge in [0.15, 0.2) is 5.82 Å². The van der Waals surface area contributed by atoms with Crippen LogP contribution in [0.1, 0.15) is 47.2 Å². The molecule has 0 bridgehead atoms. The van der Waals surface area contributed by atoms with Crippen molar-refractivity contribution < 1.29 is 4.79 Å². The number of anilines is 1. The summed E-state index contributed by atoms with van der Waals surface area (Å²) in [6.07, 6.45) is 4.13. The third kappa shape index (κ3) is 4.56. The molecule has 1 aromatic heterocycles. The number of hydrogen-bond acceptors (Lipinski definition) is 4. The van der Waals surface area contributed by atoms with Crippen LogP contribution in [0.25, 0.3) is 11.4 Å². The lowest BCUT2D eigenvalue weighted by Crippen LogP contribution is -2.51. The van der Waals surface area contributed by atoms with E-state index in [2.05, 4.69) is 60.9 Å². The average Bonchev–Trinajstić information content (AvgIpc) is 2.82. The highest BCUT2D eigenvalue weighted by Gasteiger charge is 2.32. The molecule has 0 radical (unpaired) electrons. The molecule has 0 unspecified atom stereocenters. The number of amides is 1.